The van der Waals surface area contributed by atoms with Gasteiger partial charge in [-0.15, -0.1) is 0 Å². The predicted molar refractivity (Wildman–Crippen MR) is 55.3 cm³/mol. The van der Waals surface area contributed by atoms with Gasteiger partial charge in [0.15, 0.2) is 0 Å². The minimum atomic E-state index is -0.249. The molecule has 0 N–H and O–H groups in total. The van der Waals surface area contributed by atoms with Crippen molar-refractivity contribution in [3.63, 3.8) is 0 Å². The monoisotopic (exact) mass is 206 g/mol. The molecule has 0 aromatic carbocycles. The fourth-order valence-corrected chi connectivity index (χ4v) is 1.80. The molecule has 1 fully saturated rings. The lowest BCUT2D eigenvalue weighted by Crippen LogP contribution is -2.34. The molecule has 15 heavy (non-hydrogen) atoms. The van der Waals surface area contributed by atoms with E-state index in [1.54, 1.807) is 11.1 Å². The van der Waals surface area contributed by atoms with Crippen molar-refractivity contribution in [1.29, 1.82) is 0 Å². The molecule has 0 radical (unpaired) electrons. The van der Waals surface area contributed by atoms with Gasteiger partial charge in [0.2, 0.25) is 0 Å². The maximum atomic E-state index is 11.5. The van der Waals surface area contributed by atoms with Gasteiger partial charge in [-0.25, -0.2) is 4.79 Å². The molecule has 80 valence electrons. The van der Waals surface area contributed by atoms with Crippen LogP contribution >= 0.6 is 0 Å². The molecule has 0 bridgehead atoms. The first-order valence-electron chi connectivity index (χ1n) is 5.06. The normalized spacial score (nSPS) is 20.9. The van der Waals surface area contributed by atoms with E-state index in [9.17, 15) is 4.79 Å². The lowest BCUT2D eigenvalue weighted by Gasteiger charge is -2.24. The number of carbonyl (C=O) groups excluding carboxylic acids is 1. The summed E-state index contributed by atoms with van der Waals surface area (Å²) in [6, 6.07) is 5.79. The molecular formula is C11H14N2O2. The second-order valence-electron chi connectivity index (χ2n) is 3.85. The Hall–Kier alpha value is -1.58. The highest BCUT2D eigenvalue weighted by Gasteiger charge is 2.36. The van der Waals surface area contributed by atoms with Crippen molar-refractivity contribution in [3.05, 3.63) is 30.1 Å². The number of aromatic nitrogens is 1. The van der Waals surface area contributed by atoms with E-state index >= 15 is 0 Å². The van der Waals surface area contributed by atoms with Crippen LogP contribution in [-0.4, -0.2) is 28.6 Å². The van der Waals surface area contributed by atoms with E-state index in [-0.39, 0.29) is 18.2 Å². The molecule has 1 aromatic heterocycles. The molecule has 2 heterocycles. The topological polar surface area (TPSA) is 42.4 Å². The molecule has 0 aliphatic carbocycles. The molecule has 0 saturated carbocycles. The number of cyclic esters (lactones) is 1. The standard InChI is InChI=1S/C11H14N2O2/c1-8(2)13-10(7-15-11(13)14)9-5-3-4-6-12-9/h3-6,8,10H,7H2,1-2H3. The fraction of sp³-hybridized carbons (Fsp3) is 0.455. The number of nitrogens with zero attached hydrogens (tertiary/aromatic N) is 2. The molecule has 2 rings (SSSR count). The summed E-state index contributed by atoms with van der Waals surface area (Å²) in [4.78, 5) is 17.5. The Balaban J connectivity index is 2.26. The number of hydrogen-bond acceptors (Lipinski definition) is 3. The van der Waals surface area contributed by atoms with Crippen molar-refractivity contribution in [3.8, 4) is 0 Å². The molecular weight excluding hydrogens is 192 g/mol. The van der Waals surface area contributed by atoms with Gasteiger partial charge in [-0.2, -0.15) is 0 Å². The minimum Gasteiger partial charge on any atom is -0.447 e. The Morgan fingerprint density at radius 2 is 2.33 bits per heavy atom. The summed E-state index contributed by atoms with van der Waals surface area (Å²) in [5.41, 5.74) is 0.886. The van der Waals surface area contributed by atoms with Crippen molar-refractivity contribution in [1.82, 2.24) is 9.88 Å². The van der Waals surface area contributed by atoms with E-state index in [2.05, 4.69) is 4.98 Å². The molecule has 1 atom stereocenters. The number of rotatable bonds is 2. The van der Waals surface area contributed by atoms with Gasteiger partial charge in [0, 0.05) is 12.2 Å². The van der Waals surface area contributed by atoms with E-state index in [4.69, 9.17) is 4.74 Å². The highest BCUT2D eigenvalue weighted by Crippen LogP contribution is 2.27. The van der Waals surface area contributed by atoms with Crippen molar-refractivity contribution >= 4 is 6.09 Å². The van der Waals surface area contributed by atoms with Gasteiger partial charge in [-0.3, -0.25) is 9.88 Å². The second-order valence-corrected chi connectivity index (χ2v) is 3.85. The van der Waals surface area contributed by atoms with E-state index < -0.39 is 0 Å². The van der Waals surface area contributed by atoms with E-state index in [1.165, 1.54) is 0 Å². The van der Waals surface area contributed by atoms with Crippen LogP contribution in [0.3, 0.4) is 0 Å². The third kappa shape index (κ3) is 1.79. The van der Waals surface area contributed by atoms with Crippen LogP contribution in [0.25, 0.3) is 0 Å². The summed E-state index contributed by atoms with van der Waals surface area (Å²) in [5, 5.41) is 0. The van der Waals surface area contributed by atoms with Gasteiger partial charge in [0.05, 0.1) is 5.69 Å². The third-order valence-electron chi connectivity index (χ3n) is 2.50. The molecule has 1 saturated heterocycles. The van der Waals surface area contributed by atoms with Crippen LogP contribution in [0.1, 0.15) is 25.6 Å². The number of ether oxygens (including phenoxy) is 1. The van der Waals surface area contributed by atoms with Crippen molar-refractivity contribution in [2.45, 2.75) is 25.9 Å². The molecule has 1 amide bonds. The highest BCUT2D eigenvalue weighted by atomic mass is 16.6. The molecule has 1 aliphatic rings. The van der Waals surface area contributed by atoms with Crippen LogP contribution < -0.4 is 0 Å². The largest absolute Gasteiger partial charge is 0.447 e. The first-order chi connectivity index (χ1) is 7.20. The second kappa shape index (κ2) is 3.88. The predicted octanol–water partition coefficient (Wildman–Crippen LogP) is 1.98. The summed E-state index contributed by atoms with van der Waals surface area (Å²) >= 11 is 0. The van der Waals surface area contributed by atoms with Gasteiger partial charge in [0.25, 0.3) is 0 Å². The first kappa shape index (κ1) is 9.96. The molecule has 1 aliphatic heterocycles. The van der Waals surface area contributed by atoms with Gasteiger partial charge in [0.1, 0.15) is 12.6 Å². The number of amides is 1. The Bertz CT molecular complexity index is 351. The SMILES string of the molecule is CC(C)N1C(=O)OCC1c1ccccn1. The lowest BCUT2D eigenvalue weighted by molar-refractivity contribution is 0.149. The molecule has 0 spiro atoms. The Morgan fingerprint density at radius 1 is 1.53 bits per heavy atom. The molecule has 1 unspecified atom stereocenters. The van der Waals surface area contributed by atoms with Crippen LogP contribution in [0.5, 0.6) is 0 Å². The Morgan fingerprint density at radius 3 is 2.93 bits per heavy atom. The van der Waals surface area contributed by atoms with Gasteiger partial charge in [-0.1, -0.05) is 6.07 Å². The quantitative estimate of drug-likeness (QED) is 0.743. The smallest absolute Gasteiger partial charge is 0.410 e. The van der Waals surface area contributed by atoms with Crippen LogP contribution in [0.2, 0.25) is 0 Å². The average Bonchev–Trinajstić information content (AvgIpc) is 2.61. The van der Waals surface area contributed by atoms with Crippen LogP contribution in [0, 0.1) is 0 Å². The zero-order valence-electron chi connectivity index (χ0n) is 8.88. The fourth-order valence-electron chi connectivity index (χ4n) is 1.80. The van der Waals surface area contributed by atoms with Gasteiger partial charge < -0.3 is 4.74 Å². The van der Waals surface area contributed by atoms with E-state index in [0.29, 0.717) is 6.61 Å². The van der Waals surface area contributed by atoms with Gasteiger partial charge >= 0.3 is 6.09 Å². The first-order valence-corrected chi connectivity index (χ1v) is 5.06. The van der Waals surface area contributed by atoms with Crippen LogP contribution in [-0.2, 0) is 4.74 Å². The summed E-state index contributed by atoms with van der Waals surface area (Å²) in [6.07, 6.45) is 1.48. The number of hydrogen-bond donors (Lipinski definition) is 0. The van der Waals surface area contributed by atoms with Gasteiger partial charge in [-0.05, 0) is 26.0 Å². The van der Waals surface area contributed by atoms with E-state index in [1.807, 2.05) is 32.0 Å². The maximum absolute atomic E-state index is 11.5. The number of carbonyl (C=O) groups is 1. The zero-order chi connectivity index (χ0) is 10.8. The summed E-state index contributed by atoms with van der Waals surface area (Å²) in [6.45, 7) is 4.35. The summed E-state index contributed by atoms with van der Waals surface area (Å²) in [7, 11) is 0. The van der Waals surface area contributed by atoms with Crippen molar-refractivity contribution in [2.75, 3.05) is 6.61 Å². The lowest BCUT2D eigenvalue weighted by atomic mass is 10.1. The summed E-state index contributed by atoms with van der Waals surface area (Å²) < 4.78 is 5.04. The molecule has 4 heteroatoms. The van der Waals surface area contributed by atoms with Crippen LogP contribution in [0.4, 0.5) is 4.79 Å². The summed E-state index contributed by atoms with van der Waals surface area (Å²) in [5.74, 6) is 0. The maximum Gasteiger partial charge on any atom is 0.410 e. The molecule has 4 nitrogen and oxygen atoms in total. The zero-order valence-corrected chi connectivity index (χ0v) is 8.88. The average molecular weight is 206 g/mol. The van der Waals surface area contributed by atoms with Crippen molar-refractivity contribution in [2.24, 2.45) is 0 Å². The van der Waals surface area contributed by atoms with Crippen molar-refractivity contribution < 1.29 is 9.53 Å². The molecule has 1 aromatic rings. The van der Waals surface area contributed by atoms with Crippen LogP contribution in [0.15, 0.2) is 24.4 Å². The third-order valence-corrected chi connectivity index (χ3v) is 2.50. The highest BCUT2D eigenvalue weighted by molar-refractivity contribution is 5.70. The number of pyridine rings is 1. The van der Waals surface area contributed by atoms with E-state index in [0.717, 1.165) is 5.69 Å². The Kier molecular flexibility index (Phi) is 2.58. The minimum absolute atomic E-state index is 0.0429. The Labute approximate surface area is 88.9 Å².